The van der Waals surface area contributed by atoms with Gasteiger partial charge in [0, 0.05) is 22.0 Å². The highest BCUT2D eigenvalue weighted by Gasteiger charge is 2.25. The minimum absolute atomic E-state index is 0.116. The second-order valence-electron chi connectivity index (χ2n) is 6.64. The van der Waals surface area contributed by atoms with E-state index in [1.165, 1.54) is 27.5 Å². The molecule has 0 aliphatic carbocycles. The number of fused-ring (bicyclic) bond motifs is 3. The number of aryl methyl sites for hydroxylation is 1. The van der Waals surface area contributed by atoms with Crippen molar-refractivity contribution in [2.75, 3.05) is 5.32 Å². The molecular formula is C21H20BrNO. The zero-order chi connectivity index (χ0) is 16.7. The SMILES string of the molecule is Cc1cccc([C@@H]2C[C@H](O)Cc3cc(Br)c4ccccc4c3N2)c1. The molecule has 24 heavy (non-hydrogen) atoms. The Morgan fingerprint density at radius 1 is 1.04 bits per heavy atom. The predicted octanol–water partition coefficient (Wildman–Crippen LogP) is 5.37. The summed E-state index contributed by atoms with van der Waals surface area (Å²) in [5, 5.41) is 16.7. The third kappa shape index (κ3) is 2.83. The molecule has 1 aliphatic rings. The Hall–Kier alpha value is -1.84. The van der Waals surface area contributed by atoms with Crippen LogP contribution in [0.4, 0.5) is 5.69 Å². The van der Waals surface area contributed by atoms with Crippen LogP contribution in [0.25, 0.3) is 10.8 Å². The van der Waals surface area contributed by atoms with Crippen LogP contribution in [0.3, 0.4) is 0 Å². The number of hydrogen-bond acceptors (Lipinski definition) is 2. The van der Waals surface area contributed by atoms with E-state index in [0.29, 0.717) is 12.8 Å². The van der Waals surface area contributed by atoms with Crippen molar-refractivity contribution in [3.63, 3.8) is 0 Å². The highest BCUT2D eigenvalue weighted by molar-refractivity contribution is 9.10. The van der Waals surface area contributed by atoms with Crippen LogP contribution in [0.5, 0.6) is 0 Å². The molecule has 0 aromatic heterocycles. The third-order valence-electron chi connectivity index (χ3n) is 4.80. The van der Waals surface area contributed by atoms with E-state index in [2.05, 4.69) is 82.8 Å². The monoisotopic (exact) mass is 381 g/mol. The Labute approximate surface area is 150 Å². The van der Waals surface area contributed by atoms with Gasteiger partial charge in [0.1, 0.15) is 0 Å². The van der Waals surface area contributed by atoms with E-state index < -0.39 is 0 Å². The number of aliphatic hydroxyl groups is 1. The van der Waals surface area contributed by atoms with Crippen molar-refractivity contribution in [1.82, 2.24) is 0 Å². The summed E-state index contributed by atoms with van der Waals surface area (Å²) in [5.41, 5.74) is 4.79. The first-order valence-electron chi connectivity index (χ1n) is 8.33. The number of benzene rings is 3. The van der Waals surface area contributed by atoms with Gasteiger partial charge in [-0.1, -0.05) is 70.0 Å². The molecule has 0 spiro atoms. The number of hydrogen-bond donors (Lipinski definition) is 2. The van der Waals surface area contributed by atoms with Crippen LogP contribution >= 0.6 is 15.9 Å². The normalized spacial score (nSPS) is 20.3. The van der Waals surface area contributed by atoms with Crippen LogP contribution in [-0.2, 0) is 6.42 Å². The van der Waals surface area contributed by atoms with Crippen LogP contribution in [0, 0.1) is 6.92 Å². The molecule has 3 aromatic carbocycles. The lowest BCUT2D eigenvalue weighted by Gasteiger charge is -2.21. The molecular weight excluding hydrogens is 362 g/mol. The predicted molar refractivity (Wildman–Crippen MR) is 104 cm³/mol. The number of rotatable bonds is 1. The molecule has 0 saturated carbocycles. The van der Waals surface area contributed by atoms with E-state index in [4.69, 9.17) is 0 Å². The molecule has 122 valence electrons. The van der Waals surface area contributed by atoms with Crippen molar-refractivity contribution >= 4 is 32.4 Å². The van der Waals surface area contributed by atoms with Crippen molar-refractivity contribution in [1.29, 1.82) is 0 Å². The standard InChI is InChI=1S/C21H20BrNO/c1-13-5-4-6-14(9-13)20-12-16(24)10-15-11-19(22)17-7-2-3-8-18(17)21(15)23-20/h2-9,11,16,20,23-24H,10,12H2,1H3/t16-,20+/m1/s1. The van der Waals surface area contributed by atoms with Gasteiger partial charge in [0.25, 0.3) is 0 Å². The molecule has 2 atom stereocenters. The van der Waals surface area contributed by atoms with Crippen molar-refractivity contribution in [2.24, 2.45) is 0 Å². The highest BCUT2D eigenvalue weighted by atomic mass is 79.9. The molecule has 4 rings (SSSR count). The van der Waals surface area contributed by atoms with Gasteiger partial charge in [-0.25, -0.2) is 0 Å². The van der Waals surface area contributed by atoms with Crippen LogP contribution in [0.1, 0.15) is 29.2 Å². The lowest BCUT2D eigenvalue weighted by atomic mass is 9.98. The summed E-state index contributed by atoms with van der Waals surface area (Å²) in [6, 6.07) is 19.2. The van der Waals surface area contributed by atoms with Crippen molar-refractivity contribution in [2.45, 2.75) is 31.9 Å². The summed E-state index contributed by atoms with van der Waals surface area (Å²) >= 11 is 3.68. The smallest absolute Gasteiger partial charge is 0.0604 e. The summed E-state index contributed by atoms with van der Waals surface area (Å²) in [6.07, 6.45) is 1.04. The van der Waals surface area contributed by atoms with Crippen LogP contribution in [0.2, 0.25) is 0 Å². The van der Waals surface area contributed by atoms with Gasteiger partial charge >= 0.3 is 0 Å². The Bertz CT molecular complexity index is 905. The van der Waals surface area contributed by atoms with Gasteiger partial charge in [0.2, 0.25) is 0 Å². The van der Waals surface area contributed by atoms with Crippen molar-refractivity contribution in [3.8, 4) is 0 Å². The number of halogens is 1. The molecule has 1 aliphatic heterocycles. The topological polar surface area (TPSA) is 32.3 Å². The molecule has 3 heteroatoms. The summed E-state index contributed by atoms with van der Waals surface area (Å²) in [4.78, 5) is 0. The average Bonchev–Trinajstić information content (AvgIpc) is 2.73. The van der Waals surface area contributed by atoms with Crippen LogP contribution in [0.15, 0.2) is 59.1 Å². The van der Waals surface area contributed by atoms with Crippen LogP contribution in [-0.4, -0.2) is 11.2 Å². The second kappa shape index (κ2) is 6.23. The van der Waals surface area contributed by atoms with Gasteiger partial charge in [-0.05, 0) is 35.9 Å². The summed E-state index contributed by atoms with van der Waals surface area (Å²) in [5.74, 6) is 0. The number of nitrogens with one attached hydrogen (secondary N) is 1. The van der Waals surface area contributed by atoms with Gasteiger partial charge in [0.05, 0.1) is 12.1 Å². The van der Waals surface area contributed by atoms with Gasteiger partial charge in [0.15, 0.2) is 0 Å². The largest absolute Gasteiger partial charge is 0.393 e. The van der Waals surface area contributed by atoms with Crippen LogP contribution < -0.4 is 5.32 Å². The number of aliphatic hydroxyl groups excluding tert-OH is 1. The Kier molecular flexibility index (Phi) is 4.07. The first kappa shape index (κ1) is 15.7. The summed E-state index contributed by atoms with van der Waals surface area (Å²) in [6.45, 7) is 2.11. The fourth-order valence-corrected chi connectivity index (χ4v) is 4.29. The molecule has 2 N–H and O–H groups in total. The lowest BCUT2D eigenvalue weighted by molar-refractivity contribution is 0.161. The quantitative estimate of drug-likeness (QED) is 0.593. The van der Waals surface area contributed by atoms with E-state index in [0.717, 1.165) is 10.2 Å². The van der Waals surface area contributed by atoms with Gasteiger partial charge in [-0.2, -0.15) is 0 Å². The maximum Gasteiger partial charge on any atom is 0.0604 e. The van der Waals surface area contributed by atoms with Crippen molar-refractivity contribution in [3.05, 3.63) is 75.8 Å². The molecule has 0 fully saturated rings. The maximum atomic E-state index is 10.5. The number of anilines is 1. The fourth-order valence-electron chi connectivity index (χ4n) is 3.67. The van der Waals surface area contributed by atoms with E-state index in [-0.39, 0.29) is 12.1 Å². The summed E-state index contributed by atoms with van der Waals surface area (Å²) in [7, 11) is 0. The van der Waals surface area contributed by atoms with Gasteiger partial charge < -0.3 is 10.4 Å². The molecule has 0 unspecified atom stereocenters. The highest BCUT2D eigenvalue weighted by Crippen LogP contribution is 2.39. The molecule has 3 aromatic rings. The molecule has 2 nitrogen and oxygen atoms in total. The Morgan fingerprint density at radius 2 is 1.83 bits per heavy atom. The molecule has 1 heterocycles. The summed E-state index contributed by atoms with van der Waals surface area (Å²) < 4.78 is 1.08. The van der Waals surface area contributed by atoms with E-state index >= 15 is 0 Å². The first-order chi connectivity index (χ1) is 11.6. The minimum atomic E-state index is -0.350. The van der Waals surface area contributed by atoms with Gasteiger partial charge in [-0.15, -0.1) is 0 Å². The fraction of sp³-hybridized carbons (Fsp3) is 0.238. The second-order valence-corrected chi connectivity index (χ2v) is 7.50. The third-order valence-corrected chi connectivity index (χ3v) is 5.46. The lowest BCUT2D eigenvalue weighted by Crippen LogP contribution is -2.16. The zero-order valence-electron chi connectivity index (χ0n) is 13.6. The Morgan fingerprint density at radius 3 is 2.62 bits per heavy atom. The van der Waals surface area contributed by atoms with E-state index in [1.54, 1.807) is 0 Å². The van der Waals surface area contributed by atoms with E-state index in [9.17, 15) is 5.11 Å². The zero-order valence-corrected chi connectivity index (χ0v) is 15.2. The first-order valence-corrected chi connectivity index (χ1v) is 9.12. The van der Waals surface area contributed by atoms with E-state index in [1.807, 2.05) is 0 Å². The van der Waals surface area contributed by atoms with Crippen molar-refractivity contribution < 1.29 is 5.11 Å². The Balaban J connectivity index is 1.86. The molecule has 0 saturated heterocycles. The molecule has 0 bridgehead atoms. The maximum absolute atomic E-state index is 10.5. The average molecular weight is 382 g/mol. The molecule has 0 radical (unpaired) electrons. The minimum Gasteiger partial charge on any atom is -0.393 e. The molecule has 0 amide bonds. The van der Waals surface area contributed by atoms with Gasteiger partial charge in [-0.3, -0.25) is 0 Å².